The monoisotopic (exact) mass is 343 g/mol. The first-order valence-corrected chi connectivity index (χ1v) is 8.49. The first kappa shape index (κ1) is 16.5. The van der Waals surface area contributed by atoms with Crippen LogP contribution in [0.2, 0.25) is 0 Å². The fraction of sp³-hybridized carbons (Fsp3) is 0.375. The molecule has 0 unspecified atom stereocenters. The number of benzene rings is 1. The number of hydrogen-bond donors (Lipinski definition) is 1. The second-order valence-electron chi connectivity index (χ2n) is 5.91. The van der Waals surface area contributed by atoms with Gasteiger partial charge in [-0.25, -0.2) is 4.98 Å². The number of hydrogen-bond acceptors (Lipinski definition) is 8. The van der Waals surface area contributed by atoms with Gasteiger partial charge in [-0.2, -0.15) is 15.0 Å². The van der Waals surface area contributed by atoms with Gasteiger partial charge >= 0.3 is 0 Å². The lowest BCUT2D eigenvalue weighted by atomic mass is 10.3. The summed E-state index contributed by atoms with van der Waals surface area (Å²) >= 11 is 1.71. The molecule has 0 aliphatic rings. The highest BCUT2D eigenvalue weighted by molar-refractivity contribution is 7.18. The molecule has 0 radical (unpaired) electrons. The van der Waals surface area contributed by atoms with Gasteiger partial charge < -0.3 is 10.6 Å². The minimum absolute atomic E-state index is 0.000937. The molecule has 0 spiro atoms. The van der Waals surface area contributed by atoms with Gasteiger partial charge in [0.1, 0.15) is 5.01 Å². The molecule has 3 aromatic rings. The normalized spacial score (nSPS) is 12.7. The fourth-order valence-electron chi connectivity index (χ4n) is 2.32. The summed E-state index contributed by atoms with van der Waals surface area (Å²) in [7, 11) is 5.80. The molecule has 2 aromatic heterocycles. The summed E-state index contributed by atoms with van der Waals surface area (Å²) in [4.78, 5) is 21.6. The fourth-order valence-corrected chi connectivity index (χ4v) is 3.35. The number of rotatable bonds is 5. The molecule has 3 rings (SSSR count). The Hall–Kier alpha value is -2.32. The lowest BCUT2D eigenvalue weighted by molar-refractivity contribution is 0.243. The van der Waals surface area contributed by atoms with Crippen molar-refractivity contribution < 1.29 is 0 Å². The summed E-state index contributed by atoms with van der Waals surface area (Å²) in [5.74, 6) is 1.47. The average Bonchev–Trinajstić information content (AvgIpc) is 2.95. The molecule has 1 atom stereocenters. The summed E-state index contributed by atoms with van der Waals surface area (Å²) in [6.45, 7) is 2.78. The Balaban J connectivity index is 1.80. The van der Waals surface area contributed by atoms with Gasteiger partial charge in [0.25, 0.3) is 0 Å². The highest BCUT2D eigenvalue weighted by Crippen LogP contribution is 2.25. The second kappa shape index (κ2) is 6.66. The van der Waals surface area contributed by atoms with E-state index in [1.165, 1.54) is 4.70 Å². The van der Waals surface area contributed by atoms with Gasteiger partial charge in [-0.1, -0.05) is 12.1 Å². The molecule has 0 fully saturated rings. The minimum Gasteiger partial charge on any atom is -0.368 e. The topological polar surface area (TPSA) is 84.1 Å². The van der Waals surface area contributed by atoms with Crippen LogP contribution in [0.4, 0.5) is 11.9 Å². The Morgan fingerprint density at radius 3 is 2.54 bits per heavy atom. The van der Waals surface area contributed by atoms with Crippen molar-refractivity contribution in [3.05, 3.63) is 35.1 Å². The molecule has 2 heterocycles. The average molecular weight is 343 g/mol. The van der Waals surface area contributed by atoms with E-state index in [2.05, 4.69) is 37.8 Å². The molecule has 7 nitrogen and oxygen atoms in total. The SMILES string of the molecule is C[C@@H](c1nc(N)nc(N(C)C)n1)N(C)Cc1nc2ccccc2s1. The second-order valence-corrected chi connectivity index (χ2v) is 7.03. The zero-order valence-electron chi connectivity index (χ0n) is 14.3. The van der Waals surface area contributed by atoms with Crippen LogP contribution in [0.1, 0.15) is 23.8 Å². The molecule has 1 aromatic carbocycles. The number of aromatic nitrogens is 4. The van der Waals surface area contributed by atoms with E-state index in [1.807, 2.05) is 44.2 Å². The van der Waals surface area contributed by atoms with E-state index < -0.39 is 0 Å². The largest absolute Gasteiger partial charge is 0.368 e. The third-order valence-corrected chi connectivity index (χ3v) is 4.84. The van der Waals surface area contributed by atoms with E-state index in [0.29, 0.717) is 11.8 Å². The van der Waals surface area contributed by atoms with Gasteiger partial charge in [0.05, 0.1) is 22.8 Å². The summed E-state index contributed by atoms with van der Waals surface area (Å²) in [6, 6.07) is 8.17. The third-order valence-electron chi connectivity index (χ3n) is 3.82. The smallest absolute Gasteiger partial charge is 0.229 e. The molecule has 8 heteroatoms. The highest BCUT2D eigenvalue weighted by Gasteiger charge is 2.19. The molecule has 0 aliphatic heterocycles. The maximum absolute atomic E-state index is 5.82. The summed E-state index contributed by atoms with van der Waals surface area (Å²) in [5.41, 5.74) is 6.86. The highest BCUT2D eigenvalue weighted by atomic mass is 32.1. The summed E-state index contributed by atoms with van der Waals surface area (Å²) in [5, 5.41) is 1.07. The Morgan fingerprint density at radius 1 is 1.08 bits per heavy atom. The third kappa shape index (κ3) is 3.44. The molecular formula is C16H21N7S. The standard InChI is InChI=1S/C16H21N7S/c1-10(14-19-15(17)21-16(20-14)22(2)3)23(4)9-13-18-11-7-5-6-8-12(11)24-13/h5-8,10H,9H2,1-4H3,(H2,17,19,20,21)/t10-/m0/s1. The van der Waals surface area contributed by atoms with Crippen molar-refractivity contribution in [2.45, 2.75) is 19.5 Å². The van der Waals surface area contributed by atoms with Crippen LogP contribution in [0.3, 0.4) is 0 Å². The van der Waals surface area contributed by atoms with Crippen molar-refractivity contribution in [2.75, 3.05) is 31.8 Å². The molecule has 0 amide bonds. The molecule has 2 N–H and O–H groups in total. The molecule has 126 valence electrons. The first-order chi connectivity index (χ1) is 11.4. The quantitative estimate of drug-likeness (QED) is 0.761. The zero-order chi connectivity index (χ0) is 17.3. The maximum atomic E-state index is 5.82. The molecule has 0 bridgehead atoms. The van der Waals surface area contributed by atoms with Crippen LogP contribution in [-0.4, -0.2) is 46.0 Å². The van der Waals surface area contributed by atoms with Crippen LogP contribution < -0.4 is 10.6 Å². The van der Waals surface area contributed by atoms with Crippen molar-refractivity contribution in [3.63, 3.8) is 0 Å². The van der Waals surface area contributed by atoms with E-state index in [1.54, 1.807) is 11.3 Å². The number of nitrogens with zero attached hydrogens (tertiary/aromatic N) is 6. The Labute approximate surface area is 145 Å². The van der Waals surface area contributed by atoms with Gasteiger partial charge in [0.15, 0.2) is 5.82 Å². The van der Waals surface area contributed by atoms with E-state index in [9.17, 15) is 0 Å². The molecular weight excluding hydrogens is 322 g/mol. The van der Waals surface area contributed by atoms with Gasteiger partial charge in [0.2, 0.25) is 11.9 Å². The Bertz CT molecular complexity index is 812. The minimum atomic E-state index is 0.000937. The number of thiazole rings is 1. The Morgan fingerprint density at radius 2 is 1.83 bits per heavy atom. The van der Waals surface area contributed by atoms with Crippen LogP contribution in [0.15, 0.2) is 24.3 Å². The number of para-hydroxylation sites is 1. The predicted molar refractivity (Wildman–Crippen MR) is 98.1 cm³/mol. The van der Waals surface area contributed by atoms with Crippen molar-refractivity contribution in [1.29, 1.82) is 0 Å². The van der Waals surface area contributed by atoms with Crippen LogP contribution in [0.5, 0.6) is 0 Å². The number of fused-ring (bicyclic) bond motifs is 1. The predicted octanol–water partition coefficient (Wildman–Crippen LogP) is 2.32. The summed E-state index contributed by atoms with van der Waals surface area (Å²) in [6.07, 6.45) is 0. The van der Waals surface area contributed by atoms with Crippen LogP contribution in [0, 0.1) is 0 Å². The van der Waals surface area contributed by atoms with Crippen molar-refractivity contribution in [3.8, 4) is 0 Å². The van der Waals surface area contributed by atoms with E-state index in [0.717, 1.165) is 17.1 Å². The van der Waals surface area contributed by atoms with Gasteiger partial charge in [-0.3, -0.25) is 4.90 Å². The lowest BCUT2D eigenvalue weighted by Crippen LogP contribution is -2.25. The van der Waals surface area contributed by atoms with Crippen LogP contribution >= 0.6 is 11.3 Å². The molecule has 24 heavy (non-hydrogen) atoms. The number of nitrogen functional groups attached to an aromatic ring is 1. The van der Waals surface area contributed by atoms with Gasteiger partial charge in [0, 0.05) is 14.1 Å². The van der Waals surface area contributed by atoms with Crippen molar-refractivity contribution >= 4 is 33.5 Å². The van der Waals surface area contributed by atoms with Crippen molar-refractivity contribution in [2.24, 2.45) is 0 Å². The number of nitrogens with two attached hydrogens (primary N) is 1. The van der Waals surface area contributed by atoms with E-state index in [4.69, 9.17) is 5.73 Å². The number of anilines is 2. The lowest BCUT2D eigenvalue weighted by Gasteiger charge is -2.23. The van der Waals surface area contributed by atoms with E-state index >= 15 is 0 Å². The van der Waals surface area contributed by atoms with Crippen molar-refractivity contribution in [1.82, 2.24) is 24.8 Å². The summed E-state index contributed by atoms with van der Waals surface area (Å²) < 4.78 is 1.20. The molecule has 0 saturated carbocycles. The van der Waals surface area contributed by atoms with Crippen LogP contribution in [-0.2, 0) is 6.54 Å². The Kier molecular flexibility index (Phi) is 4.59. The molecule has 0 saturated heterocycles. The zero-order valence-corrected chi connectivity index (χ0v) is 15.1. The molecule has 0 aliphatic carbocycles. The maximum Gasteiger partial charge on any atom is 0.229 e. The van der Waals surface area contributed by atoms with Gasteiger partial charge in [-0.05, 0) is 26.1 Å². The van der Waals surface area contributed by atoms with E-state index in [-0.39, 0.29) is 12.0 Å². The van der Waals surface area contributed by atoms with Crippen LogP contribution in [0.25, 0.3) is 10.2 Å². The van der Waals surface area contributed by atoms with Gasteiger partial charge in [-0.15, -0.1) is 11.3 Å². The first-order valence-electron chi connectivity index (χ1n) is 7.67.